The molecule has 2 heterocycles. The fraction of sp³-hybridized carbons (Fsp3) is 0.500. The molecule has 0 radical (unpaired) electrons. The molecule has 0 nitrogen and oxygen atoms in total. The van der Waals surface area contributed by atoms with Crippen molar-refractivity contribution in [1.29, 1.82) is 0 Å². The summed E-state index contributed by atoms with van der Waals surface area (Å²) in [6.07, 6.45) is 0. The first-order chi connectivity index (χ1) is 13.6. The molecule has 0 aromatic heterocycles. The van der Waals surface area contributed by atoms with Crippen LogP contribution in [0.2, 0.25) is 0 Å². The quantitative estimate of drug-likeness (QED) is 0.332. The summed E-state index contributed by atoms with van der Waals surface area (Å²) in [5.41, 5.74) is 6.26. The zero-order valence-corrected chi connectivity index (χ0v) is 24.3. The molecule has 0 amide bonds. The van der Waals surface area contributed by atoms with E-state index in [9.17, 15) is 0 Å². The number of hydrogen-bond acceptors (Lipinski definition) is 4. The third-order valence-corrected chi connectivity index (χ3v) is 38.2. The van der Waals surface area contributed by atoms with Crippen molar-refractivity contribution in [1.82, 2.24) is 0 Å². The summed E-state index contributed by atoms with van der Waals surface area (Å²) in [5.74, 6) is 2.36. The van der Waals surface area contributed by atoms with Crippen molar-refractivity contribution in [2.75, 3.05) is 0 Å². The van der Waals surface area contributed by atoms with Crippen molar-refractivity contribution in [2.24, 2.45) is 0 Å². The zero-order valence-electron chi connectivity index (χ0n) is 18.7. The van der Waals surface area contributed by atoms with Gasteiger partial charge in [-0.15, -0.1) is 0 Å². The number of hydrogen-bond donors (Lipinski definition) is 0. The van der Waals surface area contributed by atoms with Crippen molar-refractivity contribution in [3.8, 4) is 0 Å². The van der Waals surface area contributed by atoms with Gasteiger partial charge in [0.15, 0.2) is 0 Å². The third-order valence-electron chi connectivity index (χ3n) is 5.58. The summed E-state index contributed by atoms with van der Waals surface area (Å²) in [6, 6.07) is 9.68. The van der Waals surface area contributed by atoms with E-state index in [1.54, 1.807) is 41.8 Å². The summed E-state index contributed by atoms with van der Waals surface area (Å²) in [6.45, 7) is 18.8. The standard InChI is InChI=1S/C24H32S4Te/c1-13(2)17-9-10-18(14(3)4)22-21(17)25-29(26-22)27-23-19(15(5)6)11-12-20(16(7)8)24(23)28-29/h9-16H,1-8H3. The maximum absolute atomic E-state index is 2.42. The number of rotatable bonds is 4. The van der Waals surface area contributed by atoms with Gasteiger partial charge in [-0.2, -0.15) is 0 Å². The van der Waals surface area contributed by atoms with Crippen LogP contribution in [-0.4, -0.2) is 12.7 Å². The van der Waals surface area contributed by atoms with Gasteiger partial charge in [-0.3, -0.25) is 0 Å². The van der Waals surface area contributed by atoms with Crippen molar-refractivity contribution in [3.05, 3.63) is 46.5 Å². The molecule has 0 atom stereocenters. The normalized spacial score (nSPS) is 18.3. The molecule has 2 aromatic rings. The Morgan fingerprint density at radius 2 is 0.655 bits per heavy atom. The average Bonchev–Trinajstić information content (AvgIpc) is 3.18. The van der Waals surface area contributed by atoms with E-state index in [1.807, 2.05) is 0 Å². The van der Waals surface area contributed by atoms with Gasteiger partial charge in [-0.1, -0.05) is 0 Å². The zero-order chi connectivity index (χ0) is 21.1. The van der Waals surface area contributed by atoms with Gasteiger partial charge in [0, 0.05) is 0 Å². The molecule has 4 rings (SSSR count). The monoisotopic (exact) mass is 578 g/mol. The third kappa shape index (κ3) is 4.07. The van der Waals surface area contributed by atoms with Crippen molar-refractivity contribution >= 4 is 48.6 Å². The van der Waals surface area contributed by atoms with Crippen LogP contribution in [0.4, 0.5) is 0 Å². The first-order valence-corrected chi connectivity index (χ1v) is 25.0. The molecule has 2 aliphatic heterocycles. The van der Waals surface area contributed by atoms with Gasteiger partial charge < -0.3 is 0 Å². The fourth-order valence-corrected chi connectivity index (χ4v) is 45.2. The van der Waals surface area contributed by atoms with Crippen LogP contribution < -0.4 is 0 Å². The number of fused-ring (bicyclic) bond motifs is 2. The Morgan fingerprint density at radius 1 is 0.448 bits per heavy atom. The Kier molecular flexibility index (Phi) is 6.71. The Balaban J connectivity index is 1.81. The Hall–Kier alpha value is 0.630. The van der Waals surface area contributed by atoms with Crippen LogP contribution in [0.1, 0.15) is 101 Å². The first-order valence-electron chi connectivity index (χ1n) is 10.6. The van der Waals surface area contributed by atoms with E-state index in [2.05, 4.69) is 116 Å². The molecule has 0 aliphatic carbocycles. The SMILES string of the molecule is CC(C)c1ccc(C(C)C)c2c1S[Te]1(S2)Sc2c(C(C)C)ccc(C(C)C)c2S1. The average molecular weight is 576 g/mol. The Morgan fingerprint density at radius 3 is 0.828 bits per heavy atom. The topological polar surface area (TPSA) is 0 Å². The predicted molar refractivity (Wildman–Crippen MR) is 138 cm³/mol. The molecule has 0 bridgehead atoms. The molecule has 1 spiro atoms. The van der Waals surface area contributed by atoms with E-state index in [4.69, 9.17) is 0 Å². The van der Waals surface area contributed by atoms with Crippen LogP contribution in [0.3, 0.4) is 0 Å². The summed E-state index contributed by atoms with van der Waals surface area (Å²) in [4.78, 5) is 6.51. The summed E-state index contributed by atoms with van der Waals surface area (Å²) in [5, 5.41) is 0. The van der Waals surface area contributed by atoms with E-state index in [0.29, 0.717) is 23.7 Å². The van der Waals surface area contributed by atoms with E-state index in [-0.39, 0.29) is 0 Å². The molecular weight excluding hydrogens is 544 g/mol. The maximum atomic E-state index is 2.42. The molecule has 5 heteroatoms. The van der Waals surface area contributed by atoms with Gasteiger partial charge in [0.25, 0.3) is 0 Å². The van der Waals surface area contributed by atoms with Gasteiger partial charge in [-0.25, -0.2) is 0 Å². The Bertz CT molecular complexity index is 791. The molecule has 0 N–H and O–H groups in total. The van der Waals surface area contributed by atoms with Crippen LogP contribution in [0.5, 0.6) is 0 Å². The summed E-state index contributed by atoms with van der Waals surface area (Å²) in [7, 11) is 9.24. The van der Waals surface area contributed by atoms with Crippen molar-refractivity contribution in [2.45, 2.75) is 98.6 Å². The van der Waals surface area contributed by atoms with Crippen LogP contribution >= 0.6 is 36.0 Å². The van der Waals surface area contributed by atoms with Gasteiger partial charge >= 0.3 is 194 Å². The Labute approximate surface area is 192 Å². The second kappa shape index (κ2) is 8.53. The number of benzene rings is 2. The molecule has 0 fully saturated rings. The summed E-state index contributed by atoms with van der Waals surface area (Å²) >= 11 is -2.38. The fourth-order valence-electron chi connectivity index (χ4n) is 3.86. The molecule has 0 unspecified atom stereocenters. The van der Waals surface area contributed by atoms with Crippen LogP contribution in [0, 0.1) is 0 Å². The molecule has 2 aliphatic rings. The molecule has 158 valence electrons. The van der Waals surface area contributed by atoms with Crippen LogP contribution in [0.25, 0.3) is 0 Å². The first kappa shape index (κ1) is 22.8. The van der Waals surface area contributed by atoms with Gasteiger partial charge in [-0.05, 0) is 0 Å². The van der Waals surface area contributed by atoms with Gasteiger partial charge in [0.2, 0.25) is 0 Å². The predicted octanol–water partition coefficient (Wildman–Crippen LogP) is 9.71. The second-order valence-corrected chi connectivity index (χ2v) is 41.4. The summed E-state index contributed by atoms with van der Waals surface area (Å²) < 4.78 is 0. The second-order valence-electron chi connectivity index (χ2n) is 9.16. The minimum atomic E-state index is -2.38. The molecule has 29 heavy (non-hydrogen) atoms. The van der Waals surface area contributed by atoms with Crippen LogP contribution in [0.15, 0.2) is 43.8 Å². The molecule has 0 saturated heterocycles. The van der Waals surface area contributed by atoms with Gasteiger partial charge in [0.05, 0.1) is 0 Å². The van der Waals surface area contributed by atoms with Gasteiger partial charge in [0.1, 0.15) is 0 Å². The van der Waals surface area contributed by atoms with Crippen LogP contribution in [-0.2, 0) is 0 Å². The van der Waals surface area contributed by atoms with Crippen molar-refractivity contribution in [3.63, 3.8) is 0 Å². The molecule has 2 aromatic carbocycles. The van der Waals surface area contributed by atoms with E-state index >= 15 is 0 Å². The van der Waals surface area contributed by atoms with E-state index in [1.165, 1.54) is 0 Å². The van der Waals surface area contributed by atoms with E-state index in [0.717, 1.165) is 0 Å². The van der Waals surface area contributed by atoms with Crippen molar-refractivity contribution < 1.29 is 0 Å². The minimum absolute atomic E-state index is 0.590. The molecule has 0 saturated carbocycles. The molecular formula is C24H32S4Te. The van der Waals surface area contributed by atoms with E-state index < -0.39 is 12.7 Å².